The van der Waals surface area contributed by atoms with Gasteiger partial charge in [0.05, 0.1) is 6.61 Å². The Morgan fingerprint density at radius 2 is 1.85 bits per heavy atom. The molecule has 0 bridgehead atoms. The summed E-state index contributed by atoms with van der Waals surface area (Å²) in [5, 5.41) is 9.13. The first kappa shape index (κ1) is 19.7. The molecule has 4 nitrogen and oxygen atoms in total. The summed E-state index contributed by atoms with van der Waals surface area (Å²) in [6.07, 6.45) is 5.28. The van der Waals surface area contributed by atoms with Crippen LogP contribution >= 0.6 is 0 Å². The van der Waals surface area contributed by atoms with Gasteiger partial charge < -0.3 is 15.7 Å². The highest BCUT2D eigenvalue weighted by Crippen LogP contribution is 2.34. The molecule has 1 amide bonds. The number of anilines is 1. The van der Waals surface area contributed by atoms with Gasteiger partial charge in [0.25, 0.3) is 0 Å². The lowest BCUT2D eigenvalue weighted by molar-refractivity contribution is -0.117. The number of aryl methyl sites for hydroxylation is 1. The molecule has 4 heteroatoms. The number of hydrogen-bond donors (Lipinski definition) is 2. The smallest absolute Gasteiger partial charge is 0.224 e. The van der Waals surface area contributed by atoms with Crippen LogP contribution in [0.2, 0.25) is 0 Å². The average Bonchev–Trinajstić information content (AvgIpc) is 2.67. The van der Waals surface area contributed by atoms with Gasteiger partial charge in [-0.15, -0.1) is 0 Å². The summed E-state index contributed by atoms with van der Waals surface area (Å²) in [5.41, 5.74) is 10.3. The normalized spacial score (nSPS) is 16.0. The fourth-order valence-corrected chi connectivity index (χ4v) is 3.21. The van der Waals surface area contributed by atoms with E-state index in [1.165, 1.54) is 11.8 Å². The maximum atomic E-state index is 11.9. The van der Waals surface area contributed by atoms with Crippen LogP contribution in [-0.4, -0.2) is 17.1 Å². The SMILES string of the molecule is C/C=C/N.CC(=O)N1c2ccc(-c3ccc(CO)cc3)cc2CC[C@@H]1C. The third-order valence-corrected chi connectivity index (χ3v) is 4.61. The molecule has 1 aliphatic heterocycles. The zero-order chi connectivity index (χ0) is 19.1. The van der Waals surface area contributed by atoms with Crippen molar-refractivity contribution >= 4 is 11.6 Å². The second-order valence-corrected chi connectivity index (χ2v) is 6.50. The lowest BCUT2D eigenvalue weighted by atomic mass is 9.93. The van der Waals surface area contributed by atoms with E-state index in [4.69, 9.17) is 10.8 Å². The number of hydrogen-bond acceptors (Lipinski definition) is 3. The zero-order valence-corrected chi connectivity index (χ0v) is 15.8. The van der Waals surface area contributed by atoms with Crippen LogP contribution in [0.5, 0.6) is 0 Å². The van der Waals surface area contributed by atoms with Gasteiger partial charge in [-0.25, -0.2) is 0 Å². The molecule has 0 radical (unpaired) electrons. The van der Waals surface area contributed by atoms with E-state index in [9.17, 15) is 4.79 Å². The van der Waals surface area contributed by atoms with Crippen molar-refractivity contribution in [2.24, 2.45) is 5.73 Å². The van der Waals surface area contributed by atoms with Crippen LogP contribution in [0.25, 0.3) is 11.1 Å². The first-order valence-corrected chi connectivity index (χ1v) is 8.97. The molecule has 1 atom stereocenters. The Kier molecular flexibility index (Phi) is 6.98. The van der Waals surface area contributed by atoms with Crippen LogP contribution in [0.1, 0.15) is 38.3 Å². The van der Waals surface area contributed by atoms with Gasteiger partial charge >= 0.3 is 0 Å². The van der Waals surface area contributed by atoms with E-state index in [2.05, 4.69) is 25.1 Å². The predicted octanol–water partition coefficient (Wildman–Crippen LogP) is 4.01. The Hall–Kier alpha value is -2.59. The lowest BCUT2D eigenvalue weighted by Gasteiger charge is -2.34. The van der Waals surface area contributed by atoms with Crippen LogP contribution < -0.4 is 10.6 Å². The number of carbonyl (C=O) groups excluding carboxylic acids is 1. The summed E-state index contributed by atoms with van der Waals surface area (Å²) < 4.78 is 0. The molecule has 0 unspecified atom stereocenters. The predicted molar refractivity (Wildman–Crippen MR) is 108 cm³/mol. The van der Waals surface area contributed by atoms with Crippen molar-refractivity contribution in [2.45, 2.75) is 46.3 Å². The summed E-state index contributed by atoms with van der Waals surface area (Å²) >= 11 is 0. The molecule has 26 heavy (non-hydrogen) atoms. The quantitative estimate of drug-likeness (QED) is 0.858. The van der Waals surface area contributed by atoms with E-state index in [1.54, 1.807) is 13.0 Å². The molecule has 1 aliphatic rings. The van der Waals surface area contributed by atoms with E-state index in [-0.39, 0.29) is 18.6 Å². The molecule has 0 saturated carbocycles. The van der Waals surface area contributed by atoms with Crippen molar-refractivity contribution in [3.05, 3.63) is 65.9 Å². The first-order valence-electron chi connectivity index (χ1n) is 8.97. The summed E-state index contributed by atoms with van der Waals surface area (Å²) in [5.74, 6) is 0.105. The second kappa shape index (κ2) is 9.20. The molecular weight excluding hydrogens is 324 g/mol. The third kappa shape index (κ3) is 4.52. The van der Waals surface area contributed by atoms with E-state index in [1.807, 2.05) is 36.1 Å². The number of rotatable bonds is 2. The topological polar surface area (TPSA) is 66.6 Å². The van der Waals surface area contributed by atoms with Gasteiger partial charge in [-0.3, -0.25) is 4.79 Å². The molecule has 0 aromatic heterocycles. The fraction of sp³-hybridized carbons (Fsp3) is 0.318. The number of nitrogens with zero attached hydrogens (tertiary/aromatic N) is 1. The summed E-state index contributed by atoms with van der Waals surface area (Å²) in [7, 11) is 0. The van der Waals surface area contributed by atoms with Crippen LogP contribution in [-0.2, 0) is 17.8 Å². The van der Waals surface area contributed by atoms with Crippen molar-refractivity contribution in [2.75, 3.05) is 4.90 Å². The Morgan fingerprint density at radius 1 is 1.23 bits per heavy atom. The van der Waals surface area contributed by atoms with E-state index < -0.39 is 0 Å². The van der Waals surface area contributed by atoms with E-state index in [0.29, 0.717) is 0 Å². The van der Waals surface area contributed by atoms with Gasteiger partial charge in [-0.05, 0) is 67.3 Å². The monoisotopic (exact) mass is 352 g/mol. The maximum absolute atomic E-state index is 11.9. The second-order valence-electron chi connectivity index (χ2n) is 6.50. The van der Waals surface area contributed by atoms with Crippen LogP contribution in [0, 0.1) is 0 Å². The molecular formula is C22H28N2O2. The van der Waals surface area contributed by atoms with Gasteiger partial charge in [-0.2, -0.15) is 0 Å². The Balaban J connectivity index is 0.000000552. The van der Waals surface area contributed by atoms with E-state index >= 15 is 0 Å². The summed E-state index contributed by atoms with van der Waals surface area (Å²) in [6.45, 7) is 5.68. The number of allylic oxidation sites excluding steroid dienone is 1. The molecule has 0 spiro atoms. The number of nitrogens with two attached hydrogens (primary N) is 1. The Labute approximate surface area is 156 Å². The molecule has 1 heterocycles. The molecule has 138 valence electrons. The van der Waals surface area contributed by atoms with Gasteiger partial charge in [-0.1, -0.05) is 36.4 Å². The highest BCUT2D eigenvalue weighted by Gasteiger charge is 2.26. The standard InChI is InChI=1S/C19H21NO2.C3H7N/c1-13-3-6-18-11-17(9-10-19(18)20(13)14(2)22)16-7-4-15(12-21)5-8-16;1-2-3-4/h4-5,7-11,13,21H,3,6,12H2,1-2H3;2-3H,4H2,1H3/b;3-2+/t13-;/m0./s1. The molecule has 0 aliphatic carbocycles. The number of aliphatic hydroxyl groups excluding tert-OH is 1. The molecule has 0 saturated heterocycles. The van der Waals surface area contributed by atoms with Crippen molar-refractivity contribution < 1.29 is 9.90 Å². The number of fused-ring (bicyclic) bond motifs is 1. The highest BCUT2D eigenvalue weighted by atomic mass is 16.3. The first-order chi connectivity index (χ1) is 12.5. The molecule has 3 N–H and O–H groups in total. The Bertz CT molecular complexity index is 762. The van der Waals surface area contributed by atoms with Gasteiger partial charge in [0, 0.05) is 18.7 Å². The largest absolute Gasteiger partial charge is 0.405 e. The van der Waals surface area contributed by atoms with Crippen molar-refractivity contribution in [3.8, 4) is 11.1 Å². The average molecular weight is 352 g/mol. The van der Waals surface area contributed by atoms with Crippen LogP contribution in [0.15, 0.2) is 54.7 Å². The van der Waals surface area contributed by atoms with Gasteiger partial charge in [0.1, 0.15) is 0 Å². The number of carbonyl (C=O) groups is 1. The molecule has 0 fully saturated rings. The molecule has 2 aromatic carbocycles. The molecule has 3 rings (SSSR count). The summed E-state index contributed by atoms with van der Waals surface area (Å²) in [6, 6.07) is 14.5. The van der Waals surface area contributed by atoms with Crippen LogP contribution in [0.3, 0.4) is 0 Å². The zero-order valence-electron chi connectivity index (χ0n) is 15.8. The summed E-state index contributed by atoms with van der Waals surface area (Å²) in [4.78, 5) is 13.8. The lowest BCUT2D eigenvalue weighted by Crippen LogP contribution is -2.40. The van der Waals surface area contributed by atoms with Crippen molar-refractivity contribution in [1.82, 2.24) is 0 Å². The third-order valence-electron chi connectivity index (χ3n) is 4.61. The van der Waals surface area contributed by atoms with Crippen LogP contribution in [0.4, 0.5) is 5.69 Å². The van der Waals surface area contributed by atoms with Gasteiger partial charge in [0.15, 0.2) is 0 Å². The highest BCUT2D eigenvalue weighted by molar-refractivity contribution is 5.94. The number of aliphatic hydroxyl groups is 1. The fourth-order valence-electron chi connectivity index (χ4n) is 3.21. The Morgan fingerprint density at radius 3 is 2.38 bits per heavy atom. The van der Waals surface area contributed by atoms with E-state index in [0.717, 1.165) is 35.2 Å². The van der Waals surface area contributed by atoms with Crippen molar-refractivity contribution in [1.29, 1.82) is 0 Å². The minimum Gasteiger partial charge on any atom is -0.405 e. The minimum absolute atomic E-state index is 0.0654. The molecule has 2 aromatic rings. The minimum atomic E-state index is 0.0654. The number of amides is 1. The van der Waals surface area contributed by atoms with Gasteiger partial charge in [0.2, 0.25) is 5.91 Å². The van der Waals surface area contributed by atoms with Crippen molar-refractivity contribution in [3.63, 3.8) is 0 Å². The number of benzene rings is 2. The maximum Gasteiger partial charge on any atom is 0.224 e.